The van der Waals surface area contributed by atoms with E-state index in [1.165, 1.54) is 5.57 Å². The smallest absolute Gasteiger partial charge is 0.0837 e. The Morgan fingerprint density at radius 3 is 1.94 bits per heavy atom. The van der Waals surface area contributed by atoms with Crippen LogP contribution in [-0.4, -0.2) is 12.2 Å². The average Bonchev–Trinajstić information content (AvgIpc) is 2.05. The third-order valence-electron chi connectivity index (χ3n) is 3.59. The standard InChI is InChI=1S/C15H28O/c1-10-9-12(14(3,4)5)16-13(11(10)2)15(6,7)8/h10,12-13H,2,9H2,1,3-8H3/t10-,12-,13+/m1/s1. The van der Waals surface area contributed by atoms with Crippen molar-refractivity contribution < 1.29 is 4.74 Å². The molecule has 0 spiro atoms. The van der Waals surface area contributed by atoms with Gasteiger partial charge in [-0.2, -0.15) is 0 Å². The van der Waals surface area contributed by atoms with Crippen LogP contribution in [0.1, 0.15) is 54.9 Å². The number of hydrogen-bond acceptors (Lipinski definition) is 1. The van der Waals surface area contributed by atoms with E-state index in [4.69, 9.17) is 4.74 Å². The maximum atomic E-state index is 6.30. The number of rotatable bonds is 0. The van der Waals surface area contributed by atoms with Gasteiger partial charge in [-0.3, -0.25) is 0 Å². The van der Waals surface area contributed by atoms with Crippen molar-refractivity contribution in [2.75, 3.05) is 0 Å². The minimum Gasteiger partial charge on any atom is -0.370 e. The van der Waals surface area contributed by atoms with Crippen molar-refractivity contribution in [2.45, 2.75) is 67.1 Å². The summed E-state index contributed by atoms with van der Waals surface area (Å²) in [4.78, 5) is 0. The molecule has 1 heterocycles. The quantitative estimate of drug-likeness (QED) is 0.553. The first kappa shape index (κ1) is 13.8. The minimum atomic E-state index is 0.148. The van der Waals surface area contributed by atoms with Crippen LogP contribution >= 0.6 is 0 Å². The van der Waals surface area contributed by atoms with E-state index in [1.54, 1.807) is 0 Å². The van der Waals surface area contributed by atoms with E-state index in [0.717, 1.165) is 6.42 Å². The SMILES string of the molecule is C=C1[C@H](C)C[C@H](C(C)(C)C)O[C@@H]1C(C)(C)C. The van der Waals surface area contributed by atoms with E-state index >= 15 is 0 Å². The van der Waals surface area contributed by atoms with E-state index < -0.39 is 0 Å². The van der Waals surface area contributed by atoms with Gasteiger partial charge in [-0.1, -0.05) is 55.0 Å². The molecule has 94 valence electrons. The molecule has 0 aromatic rings. The normalized spacial score (nSPS) is 32.9. The summed E-state index contributed by atoms with van der Waals surface area (Å²) in [5.74, 6) is 0.571. The topological polar surface area (TPSA) is 9.23 Å². The summed E-state index contributed by atoms with van der Waals surface area (Å²) in [6.45, 7) is 20.0. The van der Waals surface area contributed by atoms with Gasteiger partial charge in [0.15, 0.2) is 0 Å². The van der Waals surface area contributed by atoms with E-state index in [1.807, 2.05) is 0 Å². The Kier molecular flexibility index (Phi) is 3.59. The highest BCUT2D eigenvalue weighted by atomic mass is 16.5. The summed E-state index contributed by atoms with van der Waals surface area (Å²) in [6.07, 6.45) is 1.65. The highest BCUT2D eigenvalue weighted by Gasteiger charge is 2.41. The fourth-order valence-corrected chi connectivity index (χ4v) is 2.36. The summed E-state index contributed by atoms with van der Waals surface area (Å²) < 4.78 is 6.30. The molecule has 1 heteroatoms. The molecule has 16 heavy (non-hydrogen) atoms. The molecule has 1 aliphatic heterocycles. The molecule has 0 radical (unpaired) electrons. The van der Waals surface area contributed by atoms with Gasteiger partial charge in [0.05, 0.1) is 12.2 Å². The minimum absolute atomic E-state index is 0.148. The molecule has 0 N–H and O–H groups in total. The van der Waals surface area contributed by atoms with Gasteiger partial charge in [0, 0.05) is 0 Å². The lowest BCUT2D eigenvalue weighted by molar-refractivity contribution is -0.120. The second-order valence-electron chi connectivity index (χ2n) is 7.45. The zero-order chi connectivity index (χ0) is 12.7. The largest absolute Gasteiger partial charge is 0.370 e. The van der Waals surface area contributed by atoms with E-state index in [9.17, 15) is 0 Å². The van der Waals surface area contributed by atoms with E-state index in [-0.39, 0.29) is 16.9 Å². The molecule has 3 atom stereocenters. The van der Waals surface area contributed by atoms with Crippen LogP contribution in [0.2, 0.25) is 0 Å². The van der Waals surface area contributed by atoms with Crippen LogP contribution in [-0.2, 0) is 4.74 Å². The highest BCUT2D eigenvalue weighted by molar-refractivity contribution is 5.14. The van der Waals surface area contributed by atoms with E-state index in [0.29, 0.717) is 12.0 Å². The second kappa shape index (κ2) is 4.18. The van der Waals surface area contributed by atoms with Crippen LogP contribution in [0.15, 0.2) is 12.2 Å². The van der Waals surface area contributed by atoms with Crippen LogP contribution in [0.4, 0.5) is 0 Å². The van der Waals surface area contributed by atoms with E-state index in [2.05, 4.69) is 55.0 Å². The Morgan fingerprint density at radius 1 is 1.06 bits per heavy atom. The molecule has 0 amide bonds. The van der Waals surface area contributed by atoms with Gasteiger partial charge in [-0.05, 0) is 28.7 Å². The van der Waals surface area contributed by atoms with Crippen LogP contribution < -0.4 is 0 Å². The van der Waals surface area contributed by atoms with Crippen LogP contribution in [0.3, 0.4) is 0 Å². The summed E-state index contributed by atoms with van der Waals surface area (Å²) >= 11 is 0. The molecule has 0 aliphatic carbocycles. The Bertz CT molecular complexity index is 264. The van der Waals surface area contributed by atoms with Crippen molar-refractivity contribution in [3.63, 3.8) is 0 Å². The Balaban J connectivity index is 2.90. The maximum absolute atomic E-state index is 6.30. The molecular weight excluding hydrogens is 196 g/mol. The predicted molar refractivity (Wildman–Crippen MR) is 70.5 cm³/mol. The third kappa shape index (κ3) is 2.88. The van der Waals surface area contributed by atoms with Crippen molar-refractivity contribution in [1.82, 2.24) is 0 Å². The average molecular weight is 224 g/mol. The molecule has 1 aliphatic rings. The molecule has 0 aromatic carbocycles. The van der Waals surface area contributed by atoms with Gasteiger partial charge in [-0.25, -0.2) is 0 Å². The van der Waals surface area contributed by atoms with Gasteiger partial charge in [0.2, 0.25) is 0 Å². The van der Waals surface area contributed by atoms with Gasteiger partial charge in [-0.15, -0.1) is 0 Å². The molecule has 0 aromatic heterocycles. The first-order valence-electron chi connectivity index (χ1n) is 6.37. The lowest BCUT2D eigenvalue weighted by Crippen LogP contribution is -2.46. The Hall–Kier alpha value is -0.300. The first-order chi connectivity index (χ1) is 7.03. The van der Waals surface area contributed by atoms with Gasteiger partial charge in [0.1, 0.15) is 0 Å². The zero-order valence-corrected chi connectivity index (χ0v) is 12.1. The number of ether oxygens (including phenoxy) is 1. The van der Waals surface area contributed by atoms with Crippen molar-refractivity contribution in [3.05, 3.63) is 12.2 Å². The predicted octanol–water partition coefficient (Wildman–Crippen LogP) is 4.43. The van der Waals surface area contributed by atoms with Gasteiger partial charge in [0.25, 0.3) is 0 Å². The lowest BCUT2D eigenvalue weighted by Gasteiger charge is -2.46. The van der Waals surface area contributed by atoms with Crippen molar-refractivity contribution in [3.8, 4) is 0 Å². The Morgan fingerprint density at radius 2 is 1.56 bits per heavy atom. The summed E-state index contributed by atoms with van der Waals surface area (Å²) in [6, 6.07) is 0. The van der Waals surface area contributed by atoms with Crippen molar-refractivity contribution in [2.24, 2.45) is 16.7 Å². The molecule has 0 bridgehead atoms. The number of hydrogen-bond donors (Lipinski definition) is 0. The van der Waals surface area contributed by atoms with Crippen molar-refractivity contribution in [1.29, 1.82) is 0 Å². The second-order valence-corrected chi connectivity index (χ2v) is 7.45. The van der Waals surface area contributed by atoms with Crippen LogP contribution in [0, 0.1) is 16.7 Å². The van der Waals surface area contributed by atoms with Gasteiger partial charge >= 0.3 is 0 Å². The molecule has 1 saturated heterocycles. The fraction of sp³-hybridized carbons (Fsp3) is 0.867. The lowest BCUT2D eigenvalue weighted by atomic mass is 9.73. The van der Waals surface area contributed by atoms with Gasteiger partial charge < -0.3 is 4.74 Å². The fourth-order valence-electron chi connectivity index (χ4n) is 2.36. The van der Waals surface area contributed by atoms with Crippen molar-refractivity contribution >= 4 is 0 Å². The zero-order valence-electron chi connectivity index (χ0n) is 12.1. The molecule has 1 fully saturated rings. The third-order valence-corrected chi connectivity index (χ3v) is 3.59. The summed E-state index contributed by atoms with van der Waals surface area (Å²) in [5.41, 5.74) is 1.64. The van der Waals surface area contributed by atoms with Crippen LogP contribution in [0.25, 0.3) is 0 Å². The molecule has 1 nitrogen and oxygen atoms in total. The Labute approximate surface area is 101 Å². The molecule has 0 unspecified atom stereocenters. The summed E-state index contributed by atoms with van der Waals surface area (Å²) in [7, 11) is 0. The molecule has 1 rings (SSSR count). The van der Waals surface area contributed by atoms with Crippen LogP contribution in [0.5, 0.6) is 0 Å². The first-order valence-corrected chi connectivity index (χ1v) is 6.37. The highest BCUT2D eigenvalue weighted by Crippen LogP contribution is 2.42. The maximum Gasteiger partial charge on any atom is 0.0837 e. The molecule has 0 saturated carbocycles. The summed E-state index contributed by atoms with van der Waals surface area (Å²) in [5, 5.41) is 0. The monoisotopic (exact) mass is 224 g/mol. The molecular formula is C15H28O.